The molecule has 0 unspecified atom stereocenters. The molecule has 156 valence electrons. The van der Waals surface area contributed by atoms with E-state index < -0.39 is 0 Å². The first-order valence-corrected chi connectivity index (χ1v) is 9.98. The Morgan fingerprint density at radius 2 is 1.89 bits per heavy atom. The Hall–Kier alpha value is -2.08. The van der Waals surface area contributed by atoms with Gasteiger partial charge in [0, 0.05) is 58.0 Å². The van der Waals surface area contributed by atoms with Gasteiger partial charge in [0.15, 0.2) is 0 Å². The SMILES string of the molecule is COCCN(Cc1cc(NC(=O)C2CC2)ccc1N(C)C)C(=O)CC(C)(C)C. The van der Waals surface area contributed by atoms with Crippen LogP contribution in [-0.4, -0.2) is 51.1 Å². The van der Waals surface area contributed by atoms with Gasteiger partial charge in [-0.1, -0.05) is 20.8 Å². The van der Waals surface area contributed by atoms with Crippen molar-refractivity contribution >= 4 is 23.2 Å². The van der Waals surface area contributed by atoms with Crippen LogP contribution in [0.4, 0.5) is 11.4 Å². The summed E-state index contributed by atoms with van der Waals surface area (Å²) in [5.74, 6) is 0.355. The summed E-state index contributed by atoms with van der Waals surface area (Å²) in [6, 6.07) is 5.91. The van der Waals surface area contributed by atoms with Crippen LogP contribution in [0.5, 0.6) is 0 Å². The molecule has 1 aromatic carbocycles. The molecule has 28 heavy (non-hydrogen) atoms. The maximum Gasteiger partial charge on any atom is 0.227 e. The second-order valence-corrected chi connectivity index (χ2v) is 9.05. The second-order valence-electron chi connectivity index (χ2n) is 9.05. The Balaban J connectivity index is 2.23. The molecule has 0 aromatic heterocycles. The van der Waals surface area contributed by atoms with Crippen molar-refractivity contribution in [3.8, 4) is 0 Å². The van der Waals surface area contributed by atoms with Gasteiger partial charge in [-0.3, -0.25) is 9.59 Å². The third-order valence-electron chi connectivity index (χ3n) is 4.74. The van der Waals surface area contributed by atoms with Crippen molar-refractivity contribution in [2.24, 2.45) is 11.3 Å². The van der Waals surface area contributed by atoms with Gasteiger partial charge in [-0.25, -0.2) is 0 Å². The normalized spacial score (nSPS) is 13.9. The maximum absolute atomic E-state index is 12.9. The number of rotatable bonds is 9. The highest BCUT2D eigenvalue weighted by Crippen LogP contribution is 2.31. The molecule has 6 heteroatoms. The van der Waals surface area contributed by atoms with E-state index in [4.69, 9.17) is 4.74 Å². The maximum atomic E-state index is 12.9. The molecule has 1 aliphatic rings. The van der Waals surface area contributed by atoms with E-state index in [1.54, 1.807) is 7.11 Å². The Bertz CT molecular complexity index is 691. The zero-order chi connectivity index (χ0) is 20.9. The van der Waals surface area contributed by atoms with Crippen molar-refractivity contribution in [2.45, 2.75) is 46.6 Å². The lowest BCUT2D eigenvalue weighted by molar-refractivity contribution is -0.134. The molecular formula is C22H35N3O3. The summed E-state index contributed by atoms with van der Waals surface area (Å²) in [5, 5.41) is 3.01. The van der Waals surface area contributed by atoms with E-state index in [-0.39, 0.29) is 23.1 Å². The van der Waals surface area contributed by atoms with Crippen molar-refractivity contribution in [1.29, 1.82) is 0 Å². The molecule has 1 aliphatic carbocycles. The highest BCUT2D eigenvalue weighted by atomic mass is 16.5. The van der Waals surface area contributed by atoms with Gasteiger partial charge in [0.1, 0.15) is 0 Å². The molecule has 1 fully saturated rings. The highest BCUT2D eigenvalue weighted by molar-refractivity contribution is 5.94. The fraction of sp³-hybridized carbons (Fsp3) is 0.636. The number of ether oxygens (including phenoxy) is 1. The lowest BCUT2D eigenvalue weighted by atomic mass is 9.91. The van der Waals surface area contributed by atoms with E-state index in [1.165, 1.54) is 0 Å². The molecule has 0 spiro atoms. The van der Waals surface area contributed by atoms with Crippen LogP contribution in [0.15, 0.2) is 18.2 Å². The van der Waals surface area contributed by atoms with Gasteiger partial charge in [-0.2, -0.15) is 0 Å². The van der Waals surface area contributed by atoms with E-state index in [1.807, 2.05) is 42.1 Å². The number of hydrogen-bond acceptors (Lipinski definition) is 4. The van der Waals surface area contributed by atoms with Crippen LogP contribution in [0.2, 0.25) is 0 Å². The number of methoxy groups -OCH3 is 1. The molecule has 0 heterocycles. The molecule has 6 nitrogen and oxygen atoms in total. The average molecular weight is 390 g/mol. The number of hydrogen-bond donors (Lipinski definition) is 1. The van der Waals surface area contributed by atoms with Crippen LogP contribution in [0.1, 0.15) is 45.6 Å². The minimum atomic E-state index is -0.0765. The van der Waals surface area contributed by atoms with Crippen LogP contribution in [0, 0.1) is 11.3 Å². The zero-order valence-electron chi connectivity index (χ0n) is 18.2. The van der Waals surface area contributed by atoms with Crippen LogP contribution < -0.4 is 10.2 Å². The van der Waals surface area contributed by atoms with Gasteiger partial charge >= 0.3 is 0 Å². The molecule has 2 amide bonds. The van der Waals surface area contributed by atoms with Gasteiger partial charge < -0.3 is 19.9 Å². The lowest BCUT2D eigenvalue weighted by Crippen LogP contribution is -2.36. The summed E-state index contributed by atoms with van der Waals surface area (Å²) in [7, 11) is 5.61. The summed E-state index contributed by atoms with van der Waals surface area (Å²) in [5.41, 5.74) is 2.76. The van der Waals surface area contributed by atoms with Gasteiger partial charge in [-0.05, 0) is 42.0 Å². The zero-order valence-corrected chi connectivity index (χ0v) is 18.2. The Labute approximate surface area is 169 Å². The summed E-state index contributed by atoms with van der Waals surface area (Å²) < 4.78 is 5.22. The summed E-state index contributed by atoms with van der Waals surface area (Å²) in [4.78, 5) is 28.9. The summed E-state index contributed by atoms with van der Waals surface area (Å²) >= 11 is 0. The predicted molar refractivity (Wildman–Crippen MR) is 113 cm³/mol. The van der Waals surface area contributed by atoms with Crippen LogP contribution in [-0.2, 0) is 20.9 Å². The molecule has 0 aliphatic heterocycles. The first kappa shape index (κ1) is 22.2. The van der Waals surface area contributed by atoms with Crippen molar-refractivity contribution in [3.05, 3.63) is 23.8 Å². The quantitative estimate of drug-likeness (QED) is 0.702. The van der Waals surface area contributed by atoms with Crippen LogP contribution in [0.3, 0.4) is 0 Å². The third kappa shape index (κ3) is 6.82. The minimum Gasteiger partial charge on any atom is -0.383 e. The summed E-state index contributed by atoms with van der Waals surface area (Å²) in [6.45, 7) is 7.72. The molecule has 0 radical (unpaired) electrons. The smallest absolute Gasteiger partial charge is 0.227 e. The second kappa shape index (κ2) is 9.41. The molecule has 1 saturated carbocycles. The lowest BCUT2D eigenvalue weighted by Gasteiger charge is -2.28. The molecule has 0 bridgehead atoms. The number of carbonyl (C=O) groups is 2. The summed E-state index contributed by atoms with van der Waals surface area (Å²) in [6.07, 6.45) is 2.42. The van der Waals surface area contributed by atoms with E-state index in [0.29, 0.717) is 26.1 Å². The van der Waals surface area contributed by atoms with Gasteiger partial charge in [0.2, 0.25) is 11.8 Å². The number of nitrogens with one attached hydrogen (secondary N) is 1. The van der Waals surface area contributed by atoms with E-state index in [0.717, 1.165) is 29.8 Å². The first-order chi connectivity index (χ1) is 13.1. The molecule has 2 rings (SSSR count). The highest BCUT2D eigenvalue weighted by Gasteiger charge is 2.29. The van der Waals surface area contributed by atoms with Crippen LogP contribution in [0.25, 0.3) is 0 Å². The van der Waals surface area contributed by atoms with Gasteiger partial charge in [0.05, 0.1) is 6.61 Å². The topological polar surface area (TPSA) is 61.9 Å². The van der Waals surface area contributed by atoms with Crippen molar-refractivity contribution in [2.75, 3.05) is 44.6 Å². The monoisotopic (exact) mass is 389 g/mol. The van der Waals surface area contributed by atoms with Crippen molar-refractivity contribution in [1.82, 2.24) is 4.90 Å². The van der Waals surface area contributed by atoms with Crippen molar-refractivity contribution in [3.63, 3.8) is 0 Å². The van der Waals surface area contributed by atoms with Crippen LogP contribution >= 0.6 is 0 Å². The molecule has 0 atom stereocenters. The average Bonchev–Trinajstić information content (AvgIpc) is 3.42. The van der Waals surface area contributed by atoms with E-state index >= 15 is 0 Å². The van der Waals surface area contributed by atoms with Gasteiger partial charge in [-0.15, -0.1) is 0 Å². The molecule has 1 aromatic rings. The fourth-order valence-electron chi connectivity index (χ4n) is 3.08. The van der Waals surface area contributed by atoms with E-state index in [9.17, 15) is 9.59 Å². The number of amides is 2. The van der Waals surface area contributed by atoms with Crippen molar-refractivity contribution < 1.29 is 14.3 Å². The minimum absolute atomic E-state index is 0.0765. The Morgan fingerprint density at radius 3 is 2.43 bits per heavy atom. The number of anilines is 2. The number of benzene rings is 1. The molecule has 0 saturated heterocycles. The Morgan fingerprint density at radius 1 is 1.21 bits per heavy atom. The third-order valence-corrected chi connectivity index (χ3v) is 4.74. The fourth-order valence-corrected chi connectivity index (χ4v) is 3.08. The molecule has 1 N–H and O–H groups in total. The number of carbonyl (C=O) groups excluding carboxylic acids is 2. The van der Waals surface area contributed by atoms with Gasteiger partial charge in [0.25, 0.3) is 0 Å². The first-order valence-electron chi connectivity index (χ1n) is 9.98. The largest absolute Gasteiger partial charge is 0.383 e. The number of nitrogens with zero attached hydrogens (tertiary/aromatic N) is 2. The van der Waals surface area contributed by atoms with E-state index in [2.05, 4.69) is 26.1 Å². The molecular weight excluding hydrogens is 354 g/mol. The standard InChI is InChI=1S/C22H35N3O3/c1-22(2,3)14-20(26)25(11-12-28-6)15-17-13-18(9-10-19(17)24(4)5)23-21(27)16-7-8-16/h9-10,13,16H,7-8,11-12,14-15H2,1-6H3,(H,23,27). The predicted octanol–water partition coefficient (Wildman–Crippen LogP) is 3.51. The Kier molecular flexibility index (Phi) is 7.47.